The molecule has 104 valence electrons. The summed E-state index contributed by atoms with van der Waals surface area (Å²) in [7, 11) is 2.04. The number of nitrogens with zero attached hydrogens (tertiary/aromatic N) is 2. The van der Waals surface area contributed by atoms with Gasteiger partial charge < -0.3 is 10.6 Å². The number of fused-ring (bicyclic) bond motifs is 2. The lowest BCUT2D eigenvalue weighted by Crippen LogP contribution is -2.30. The average molecular weight is 309 g/mol. The van der Waals surface area contributed by atoms with Crippen LogP contribution in [0, 0.1) is 5.41 Å². The second-order valence-corrected chi connectivity index (χ2v) is 5.94. The quantitative estimate of drug-likeness (QED) is 0.629. The Balaban J connectivity index is 2.42. The molecule has 6 heteroatoms. The first-order valence-corrected chi connectivity index (χ1v) is 7.06. The largest absolute Gasteiger partial charge is 0.384 e. The van der Waals surface area contributed by atoms with Crippen LogP contribution in [0.5, 0.6) is 0 Å². The van der Waals surface area contributed by atoms with Gasteiger partial charge in [0.05, 0.1) is 10.5 Å². The Morgan fingerprint density at radius 2 is 2.15 bits per heavy atom. The highest BCUT2D eigenvalue weighted by Gasteiger charge is 2.23. The maximum absolute atomic E-state index is 7.91. The Morgan fingerprint density at radius 1 is 1.40 bits per heavy atom. The molecule has 0 atom stereocenters. The molecule has 1 aromatic carbocycles. The van der Waals surface area contributed by atoms with Gasteiger partial charge in [0.15, 0.2) is 0 Å². The number of nitrogens with one attached hydrogen (secondary N) is 1. The number of pyridine rings is 1. The first kappa shape index (κ1) is 13.6. The van der Waals surface area contributed by atoms with Crippen molar-refractivity contribution in [3.8, 4) is 0 Å². The van der Waals surface area contributed by atoms with Gasteiger partial charge in [-0.1, -0.05) is 23.2 Å². The van der Waals surface area contributed by atoms with Crippen LogP contribution < -0.4 is 5.73 Å². The molecule has 0 amide bonds. The van der Waals surface area contributed by atoms with Crippen molar-refractivity contribution in [1.29, 1.82) is 5.41 Å². The van der Waals surface area contributed by atoms with Gasteiger partial charge in [0, 0.05) is 41.2 Å². The predicted molar refractivity (Wildman–Crippen MR) is 82.8 cm³/mol. The molecule has 1 aromatic heterocycles. The van der Waals surface area contributed by atoms with Gasteiger partial charge in [-0.2, -0.15) is 0 Å². The first-order chi connectivity index (χ1) is 9.47. The van der Waals surface area contributed by atoms with E-state index in [4.69, 9.17) is 34.3 Å². The minimum Gasteiger partial charge on any atom is -0.384 e. The maximum atomic E-state index is 7.91. The molecule has 0 spiro atoms. The monoisotopic (exact) mass is 308 g/mol. The summed E-state index contributed by atoms with van der Waals surface area (Å²) in [5.41, 5.74) is 9.17. The second kappa shape index (κ2) is 4.88. The van der Waals surface area contributed by atoms with Crippen LogP contribution in [0.4, 0.5) is 0 Å². The van der Waals surface area contributed by atoms with Crippen LogP contribution in [0.15, 0.2) is 12.1 Å². The van der Waals surface area contributed by atoms with Crippen LogP contribution in [0.3, 0.4) is 0 Å². The number of nitrogens with two attached hydrogens (primary N) is 1. The van der Waals surface area contributed by atoms with E-state index < -0.39 is 0 Å². The summed E-state index contributed by atoms with van der Waals surface area (Å²) in [5.74, 6) is 0.0299. The van der Waals surface area contributed by atoms with Crippen molar-refractivity contribution >= 4 is 39.9 Å². The molecule has 0 fully saturated rings. The van der Waals surface area contributed by atoms with E-state index >= 15 is 0 Å². The van der Waals surface area contributed by atoms with Crippen molar-refractivity contribution in [3.05, 3.63) is 39.0 Å². The van der Waals surface area contributed by atoms with Crippen molar-refractivity contribution in [2.24, 2.45) is 5.73 Å². The molecule has 0 radical (unpaired) electrons. The van der Waals surface area contributed by atoms with Gasteiger partial charge in [0.25, 0.3) is 0 Å². The number of aromatic nitrogens is 1. The fourth-order valence-electron chi connectivity index (χ4n) is 2.71. The molecular weight excluding hydrogens is 295 g/mol. The van der Waals surface area contributed by atoms with Crippen LogP contribution >= 0.6 is 23.2 Å². The molecule has 1 aliphatic rings. The van der Waals surface area contributed by atoms with Crippen LogP contribution in [-0.4, -0.2) is 29.3 Å². The molecule has 4 nitrogen and oxygen atoms in total. The average Bonchev–Trinajstić information content (AvgIpc) is 2.36. The topological polar surface area (TPSA) is 66.0 Å². The molecule has 3 N–H and O–H groups in total. The van der Waals surface area contributed by atoms with Crippen LogP contribution in [-0.2, 0) is 13.0 Å². The highest BCUT2D eigenvalue weighted by molar-refractivity contribution is 6.38. The molecule has 0 unspecified atom stereocenters. The summed E-state index contributed by atoms with van der Waals surface area (Å²) in [6.45, 7) is 1.67. The van der Waals surface area contributed by atoms with Crippen molar-refractivity contribution in [1.82, 2.24) is 9.88 Å². The van der Waals surface area contributed by atoms with Crippen molar-refractivity contribution < 1.29 is 0 Å². The van der Waals surface area contributed by atoms with E-state index in [1.807, 2.05) is 7.05 Å². The lowest BCUT2D eigenvalue weighted by molar-refractivity contribution is 0.310. The lowest BCUT2D eigenvalue weighted by Gasteiger charge is -2.27. The molecule has 20 heavy (non-hydrogen) atoms. The van der Waals surface area contributed by atoms with Gasteiger partial charge in [0.2, 0.25) is 0 Å². The third-order valence-electron chi connectivity index (χ3n) is 3.62. The Hall–Kier alpha value is -1.36. The summed E-state index contributed by atoms with van der Waals surface area (Å²) in [4.78, 5) is 6.85. The zero-order valence-electron chi connectivity index (χ0n) is 11.0. The minimum atomic E-state index is 0.0299. The molecule has 0 saturated carbocycles. The normalized spacial score (nSPS) is 15.3. The smallest absolute Gasteiger partial charge is 0.123 e. The Labute approximate surface area is 127 Å². The number of rotatable bonds is 1. The van der Waals surface area contributed by atoms with Gasteiger partial charge in [-0.3, -0.25) is 10.4 Å². The van der Waals surface area contributed by atoms with E-state index in [1.54, 1.807) is 12.1 Å². The van der Waals surface area contributed by atoms with Gasteiger partial charge in [0.1, 0.15) is 5.84 Å². The molecule has 0 bridgehead atoms. The number of amidine groups is 1. The third kappa shape index (κ3) is 2.14. The highest BCUT2D eigenvalue weighted by Crippen LogP contribution is 2.33. The van der Waals surface area contributed by atoms with Crippen molar-refractivity contribution in [2.45, 2.75) is 13.0 Å². The maximum Gasteiger partial charge on any atom is 0.123 e. The zero-order chi connectivity index (χ0) is 14.4. The van der Waals surface area contributed by atoms with Gasteiger partial charge >= 0.3 is 0 Å². The molecule has 3 rings (SSSR count). The summed E-state index contributed by atoms with van der Waals surface area (Å²) >= 11 is 12.3. The van der Waals surface area contributed by atoms with Crippen molar-refractivity contribution in [3.63, 3.8) is 0 Å². The first-order valence-electron chi connectivity index (χ1n) is 6.31. The van der Waals surface area contributed by atoms with Gasteiger partial charge in [-0.05, 0) is 24.7 Å². The SMILES string of the molecule is CN1CCc2nc3c(Cl)cc(Cl)cc3c(C(=N)N)c2C1. The summed E-state index contributed by atoms with van der Waals surface area (Å²) < 4.78 is 0. The molecular formula is C14H14Cl2N4. The Kier molecular flexibility index (Phi) is 3.32. The van der Waals surface area contributed by atoms with E-state index in [9.17, 15) is 0 Å². The second-order valence-electron chi connectivity index (χ2n) is 5.10. The molecule has 0 saturated heterocycles. The predicted octanol–water partition coefficient (Wildman–Crippen LogP) is 2.81. The number of halogens is 2. The van der Waals surface area contributed by atoms with Crippen LogP contribution in [0.25, 0.3) is 10.9 Å². The molecule has 1 aliphatic heterocycles. The number of likely N-dealkylation sites (N-methyl/N-ethyl adjacent to an activating group) is 1. The zero-order valence-corrected chi connectivity index (χ0v) is 12.5. The van der Waals surface area contributed by atoms with E-state index in [2.05, 4.69) is 9.88 Å². The standard InChI is InChI=1S/C14H14Cl2N4/c1-20-3-2-11-9(6-20)12(14(17)18)8-4-7(15)5-10(16)13(8)19-11/h4-5H,2-3,6H2,1H3,(H3,17,18). The van der Waals surface area contributed by atoms with Crippen LogP contribution in [0.1, 0.15) is 16.8 Å². The Bertz CT molecular complexity index is 727. The number of hydrogen-bond donors (Lipinski definition) is 2. The van der Waals surface area contributed by atoms with E-state index in [0.717, 1.165) is 36.2 Å². The van der Waals surface area contributed by atoms with Gasteiger partial charge in [-0.25, -0.2) is 0 Å². The van der Waals surface area contributed by atoms with E-state index in [-0.39, 0.29) is 5.84 Å². The fourth-order valence-corrected chi connectivity index (χ4v) is 3.25. The number of nitrogen functional groups attached to an aromatic ring is 1. The minimum absolute atomic E-state index is 0.0299. The molecule has 0 aliphatic carbocycles. The highest BCUT2D eigenvalue weighted by atomic mass is 35.5. The van der Waals surface area contributed by atoms with Crippen LogP contribution in [0.2, 0.25) is 10.0 Å². The molecule has 2 heterocycles. The van der Waals surface area contributed by atoms with E-state index in [1.165, 1.54) is 0 Å². The third-order valence-corrected chi connectivity index (χ3v) is 4.13. The lowest BCUT2D eigenvalue weighted by atomic mass is 9.95. The number of hydrogen-bond acceptors (Lipinski definition) is 3. The molecule has 2 aromatic rings. The number of benzene rings is 1. The van der Waals surface area contributed by atoms with Crippen molar-refractivity contribution in [2.75, 3.05) is 13.6 Å². The van der Waals surface area contributed by atoms with E-state index in [0.29, 0.717) is 21.1 Å². The summed E-state index contributed by atoms with van der Waals surface area (Å²) in [6, 6.07) is 3.45. The fraction of sp³-hybridized carbons (Fsp3) is 0.286. The Morgan fingerprint density at radius 3 is 2.85 bits per heavy atom. The summed E-state index contributed by atoms with van der Waals surface area (Å²) in [6.07, 6.45) is 0.834. The summed E-state index contributed by atoms with van der Waals surface area (Å²) in [5, 5.41) is 9.68. The van der Waals surface area contributed by atoms with Gasteiger partial charge in [-0.15, -0.1) is 0 Å².